The van der Waals surface area contributed by atoms with Gasteiger partial charge in [-0.2, -0.15) is 0 Å². The Labute approximate surface area is 77.4 Å². The molecule has 3 heteroatoms. The monoisotopic (exact) mass is 179 g/mol. The fourth-order valence-corrected chi connectivity index (χ4v) is 0.978. The van der Waals surface area contributed by atoms with Crippen LogP contribution in [0.25, 0.3) is 0 Å². The Hall–Kier alpha value is -1.35. The van der Waals surface area contributed by atoms with E-state index in [0.29, 0.717) is 5.56 Å². The van der Waals surface area contributed by atoms with E-state index in [1.807, 2.05) is 19.1 Å². The van der Waals surface area contributed by atoms with E-state index in [9.17, 15) is 4.79 Å². The van der Waals surface area contributed by atoms with Gasteiger partial charge in [-0.1, -0.05) is 17.7 Å². The lowest BCUT2D eigenvalue weighted by Gasteiger charge is -2.07. The molecule has 13 heavy (non-hydrogen) atoms. The second-order valence-corrected chi connectivity index (χ2v) is 3.02. The normalized spacial score (nSPS) is 12.2. The van der Waals surface area contributed by atoms with Gasteiger partial charge in [-0.3, -0.25) is 4.79 Å². The maximum atomic E-state index is 11.3. The molecule has 1 amide bonds. The zero-order valence-corrected chi connectivity index (χ0v) is 7.74. The van der Waals surface area contributed by atoms with Crippen LogP contribution in [0.1, 0.15) is 22.8 Å². The van der Waals surface area contributed by atoms with Gasteiger partial charge in [-0.15, -0.1) is 0 Å². The van der Waals surface area contributed by atoms with Crippen molar-refractivity contribution in [3.63, 3.8) is 0 Å². The number of hydrogen-bond donors (Lipinski definition) is 2. The molecule has 0 radical (unpaired) electrons. The van der Waals surface area contributed by atoms with Gasteiger partial charge in [0.2, 0.25) is 0 Å². The molecule has 0 spiro atoms. The maximum absolute atomic E-state index is 11.3. The van der Waals surface area contributed by atoms with Crippen LogP contribution in [0.4, 0.5) is 0 Å². The van der Waals surface area contributed by atoms with Crippen molar-refractivity contribution in [1.29, 1.82) is 0 Å². The lowest BCUT2D eigenvalue weighted by Crippen LogP contribution is -2.31. The molecular weight excluding hydrogens is 166 g/mol. The SMILES string of the molecule is Cc1ccc(C(=O)N[C@@H](C)O)cc1. The lowest BCUT2D eigenvalue weighted by atomic mass is 10.1. The van der Waals surface area contributed by atoms with Crippen LogP contribution in [0.15, 0.2) is 24.3 Å². The van der Waals surface area contributed by atoms with E-state index in [1.54, 1.807) is 12.1 Å². The third kappa shape index (κ3) is 2.87. The van der Waals surface area contributed by atoms with Crippen molar-refractivity contribution in [3.05, 3.63) is 35.4 Å². The molecule has 1 atom stereocenters. The summed E-state index contributed by atoms with van der Waals surface area (Å²) >= 11 is 0. The Kier molecular flexibility index (Phi) is 3.03. The third-order valence-electron chi connectivity index (χ3n) is 1.65. The van der Waals surface area contributed by atoms with Gasteiger partial charge in [0.1, 0.15) is 6.23 Å². The van der Waals surface area contributed by atoms with E-state index in [1.165, 1.54) is 6.92 Å². The Morgan fingerprint density at radius 2 is 1.92 bits per heavy atom. The fraction of sp³-hybridized carbons (Fsp3) is 0.300. The van der Waals surface area contributed by atoms with E-state index < -0.39 is 6.23 Å². The first kappa shape index (κ1) is 9.74. The third-order valence-corrected chi connectivity index (χ3v) is 1.65. The van der Waals surface area contributed by atoms with Crippen LogP contribution in [0.3, 0.4) is 0 Å². The van der Waals surface area contributed by atoms with Crippen LogP contribution < -0.4 is 5.32 Å². The Morgan fingerprint density at radius 3 is 2.38 bits per heavy atom. The van der Waals surface area contributed by atoms with Gasteiger partial charge >= 0.3 is 0 Å². The maximum Gasteiger partial charge on any atom is 0.253 e. The van der Waals surface area contributed by atoms with E-state index >= 15 is 0 Å². The molecular formula is C10H13NO2. The number of hydrogen-bond acceptors (Lipinski definition) is 2. The molecule has 0 fully saturated rings. The van der Waals surface area contributed by atoms with E-state index in [0.717, 1.165) is 5.56 Å². The van der Waals surface area contributed by atoms with Crippen LogP contribution in [0.2, 0.25) is 0 Å². The topological polar surface area (TPSA) is 49.3 Å². The van der Waals surface area contributed by atoms with Crippen molar-refractivity contribution < 1.29 is 9.90 Å². The molecule has 2 N–H and O–H groups in total. The molecule has 0 aromatic heterocycles. The van der Waals surface area contributed by atoms with Crippen molar-refractivity contribution in [3.8, 4) is 0 Å². The van der Waals surface area contributed by atoms with Gasteiger partial charge in [0.15, 0.2) is 0 Å². The largest absolute Gasteiger partial charge is 0.374 e. The first-order chi connectivity index (χ1) is 6.09. The Morgan fingerprint density at radius 1 is 1.38 bits per heavy atom. The van der Waals surface area contributed by atoms with Crippen molar-refractivity contribution in [2.24, 2.45) is 0 Å². The minimum absolute atomic E-state index is 0.255. The number of nitrogens with one attached hydrogen (secondary N) is 1. The zero-order valence-electron chi connectivity index (χ0n) is 7.74. The number of benzene rings is 1. The minimum Gasteiger partial charge on any atom is -0.374 e. The second kappa shape index (κ2) is 4.05. The molecule has 0 heterocycles. The smallest absolute Gasteiger partial charge is 0.253 e. The predicted molar refractivity (Wildman–Crippen MR) is 50.3 cm³/mol. The average Bonchev–Trinajstić information content (AvgIpc) is 2.04. The van der Waals surface area contributed by atoms with Crippen molar-refractivity contribution in [1.82, 2.24) is 5.32 Å². The highest BCUT2D eigenvalue weighted by atomic mass is 16.3. The summed E-state index contributed by atoms with van der Waals surface area (Å²) in [5.74, 6) is -0.255. The lowest BCUT2D eigenvalue weighted by molar-refractivity contribution is 0.0819. The van der Waals surface area contributed by atoms with E-state index in [2.05, 4.69) is 5.32 Å². The molecule has 0 aliphatic heterocycles. The van der Waals surface area contributed by atoms with Crippen LogP contribution in [-0.2, 0) is 0 Å². The summed E-state index contributed by atoms with van der Waals surface area (Å²) in [5, 5.41) is 11.3. The van der Waals surface area contributed by atoms with Gasteiger partial charge in [-0.05, 0) is 26.0 Å². The van der Waals surface area contributed by atoms with Gasteiger partial charge in [0.05, 0.1) is 0 Å². The van der Waals surface area contributed by atoms with E-state index in [-0.39, 0.29) is 5.91 Å². The number of amides is 1. The predicted octanol–water partition coefficient (Wildman–Crippen LogP) is 1.06. The number of aryl methyl sites for hydroxylation is 1. The zero-order chi connectivity index (χ0) is 9.84. The molecule has 1 rings (SSSR count). The van der Waals surface area contributed by atoms with Crippen molar-refractivity contribution in [2.45, 2.75) is 20.1 Å². The van der Waals surface area contributed by atoms with Gasteiger partial charge in [0, 0.05) is 5.56 Å². The number of carbonyl (C=O) groups excluding carboxylic acids is 1. The summed E-state index contributed by atoms with van der Waals surface area (Å²) in [6.45, 7) is 3.46. The first-order valence-electron chi connectivity index (χ1n) is 4.15. The van der Waals surface area contributed by atoms with Gasteiger partial charge in [0.25, 0.3) is 5.91 Å². The van der Waals surface area contributed by atoms with Crippen molar-refractivity contribution in [2.75, 3.05) is 0 Å². The highest BCUT2D eigenvalue weighted by Crippen LogP contribution is 2.02. The van der Waals surface area contributed by atoms with E-state index in [4.69, 9.17) is 5.11 Å². The summed E-state index contributed by atoms with van der Waals surface area (Å²) in [4.78, 5) is 11.3. The minimum atomic E-state index is -0.811. The first-order valence-corrected chi connectivity index (χ1v) is 4.15. The van der Waals surface area contributed by atoms with Crippen LogP contribution in [0.5, 0.6) is 0 Å². The number of carbonyl (C=O) groups is 1. The van der Waals surface area contributed by atoms with Crippen LogP contribution in [0, 0.1) is 6.92 Å². The van der Waals surface area contributed by atoms with Crippen molar-refractivity contribution >= 4 is 5.91 Å². The standard InChI is InChI=1S/C10H13NO2/c1-7-3-5-9(6-4-7)10(13)11-8(2)12/h3-6,8,12H,1-2H3,(H,11,13)/t8-/m1/s1. The molecule has 0 unspecified atom stereocenters. The highest BCUT2D eigenvalue weighted by Gasteiger charge is 2.05. The summed E-state index contributed by atoms with van der Waals surface area (Å²) in [6.07, 6.45) is -0.811. The molecule has 0 aliphatic carbocycles. The number of aliphatic hydroxyl groups is 1. The van der Waals surface area contributed by atoms with Crippen LogP contribution >= 0.6 is 0 Å². The molecule has 3 nitrogen and oxygen atoms in total. The molecule has 1 aromatic carbocycles. The summed E-state index contributed by atoms with van der Waals surface area (Å²) in [5.41, 5.74) is 1.67. The molecule has 1 aromatic rings. The summed E-state index contributed by atoms with van der Waals surface area (Å²) in [6, 6.07) is 7.17. The Bertz CT molecular complexity index is 290. The number of rotatable bonds is 2. The molecule has 0 aliphatic rings. The average molecular weight is 179 g/mol. The summed E-state index contributed by atoms with van der Waals surface area (Å²) < 4.78 is 0. The molecule has 0 bridgehead atoms. The number of aliphatic hydroxyl groups excluding tert-OH is 1. The van der Waals surface area contributed by atoms with Crippen LogP contribution in [-0.4, -0.2) is 17.2 Å². The fourth-order valence-electron chi connectivity index (χ4n) is 0.978. The van der Waals surface area contributed by atoms with Gasteiger partial charge in [-0.25, -0.2) is 0 Å². The molecule has 0 saturated heterocycles. The second-order valence-electron chi connectivity index (χ2n) is 3.02. The van der Waals surface area contributed by atoms with Gasteiger partial charge < -0.3 is 10.4 Å². The summed E-state index contributed by atoms with van der Waals surface area (Å²) in [7, 11) is 0. The molecule has 70 valence electrons. The highest BCUT2D eigenvalue weighted by molar-refractivity contribution is 5.94. The Balaban J connectivity index is 2.72. The molecule has 0 saturated carbocycles. The quantitative estimate of drug-likeness (QED) is 0.667.